The maximum atomic E-state index is 11.7. The molecular formula is C14H12O4S. The number of carbonyl (C=O) groups is 2. The molecular weight excluding hydrogens is 264 g/mol. The van der Waals surface area contributed by atoms with Crippen LogP contribution in [0, 0.1) is 0 Å². The van der Waals surface area contributed by atoms with E-state index in [0.717, 1.165) is 4.88 Å². The van der Waals surface area contributed by atoms with Crippen molar-refractivity contribution in [1.82, 2.24) is 0 Å². The highest BCUT2D eigenvalue weighted by molar-refractivity contribution is 7.13. The second-order valence-electron chi connectivity index (χ2n) is 3.72. The minimum atomic E-state index is -0.436. The molecule has 2 rings (SSSR count). The van der Waals surface area contributed by atoms with Crippen LogP contribution in [0.3, 0.4) is 0 Å². The molecule has 0 fully saturated rings. The van der Waals surface area contributed by atoms with Crippen LogP contribution in [0.1, 0.15) is 20.7 Å². The molecule has 0 aliphatic heterocycles. The van der Waals surface area contributed by atoms with E-state index in [-0.39, 0.29) is 0 Å². The lowest BCUT2D eigenvalue weighted by Gasteiger charge is -2.08. The number of methoxy groups -OCH3 is 2. The third-order valence-electron chi connectivity index (χ3n) is 2.63. The summed E-state index contributed by atoms with van der Waals surface area (Å²) in [5.74, 6) is -0.867. The molecule has 0 N–H and O–H groups in total. The van der Waals surface area contributed by atoms with Crippen molar-refractivity contribution in [3.63, 3.8) is 0 Å². The van der Waals surface area contributed by atoms with Gasteiger partial charge in [0.2, 0.25) is 0 Å². The lowest BCUT2D eigenvalue weighted by atomic mass is 10.0. The Bertz CT molecular complexity index is 602. The molecule has 2 aromatic rings. The first-order chi connectivity index (χ1) is 9.17. The van der Waals surface area contributed by atoms with Gasteiger partial charge in [0.25, 0.3) is 0 Å². The summed E-state index contributed by atoms with van der Waals surface area (Å²) in [6.45, 7) is 0. The molecule has 0 saturated carbocycles. The van der Waals surface area contributed by atoms with Crippen molar-refractivity contribution in [3.8, 4) is 10.4 Å². The largest absolute Gasteiger partial charge is 0.465 e. The zero-order valence-corrected chi connectivity index (χ0v) is 11.3. The molecule has 1 heterocycles. The van der Waals surface area contributed by atoms with Gasteiger partial charge in [-0.3, -0.25) is 0 Å². The van der Waals surface area contributed by atoms with Crippen LogP contribution < -0.4 is 0 Å². The third kappa shape index (κ3) is 2.66. The minimum Gasteiger partial charge on any atom is -0.465 e. The highest BCUT2D eigenvalue weighted by atomic mass is 32.1. The molecule has 0 atom stereocenters. The van der Waals surface area contributed by atoms with Crippen LogP contribution in [0.4, 0.5) is 0 Å². The SMILES string of the molecule is COC(=O)c1ccc(C(=O)OC)c(-c2cccs2)c1. The van der Waals surface area contributed by atoms with Crippen LogP contribution in [0.2, 0.25) is 0 Å². The van der Waals surface area contributed by atoms with Gasteiger partial charge in [-0.1, -0.05) is 6.07 Å². The van der Waals surface area contributed by atoms with E-state index in [4.69, 9.17) is 4.74 Å². The number of carbonyl (C=O) groups excluding carboxylic acids is 2. The molecule has 0 aliphatic carbocycles. The first kappa shape index (κ1) is 13.3. The predicted molar refractivity (Wildman–Crippen MR) is 72.4 cm³/mol. The highest BCUT2D eigenvalue weighted by Crippen LogP contribution is 2.29. The van der Waals surface area contributed by atoms with Gasteiger partial charge >= 0.3 is 11.9 Å². The van der Waals surface area contributed by atoms with Crippen LogP contribution in [-0.2, 0) is 9.47 Å². The molecule has 0 amide bonds. The summed E-state index contributed by atoms with van der Waals surface area (Å²) in [6.07, 6.45) is 0. The van der Waals surface area contributed by atoms with Crippen LogP contribution in [0.25, 0.3) is 10.4 Å². The number of benzene rings is 1. The van der Waals surface area contributed by atoms with Crippen molar-refractivity contribution < 1.29 is 19.1 Å². The fourth-order valence-electron chi connectivity index (χ4n) is 1.71. The Morgan fingerprint density at radius 1 is 1.05 bits per heavy atom. The monoisotopic (exact) mass is 276 g/mol. The Labute approximate surface area is 114 Å². The standard InChI is InChI=1S/C14H12O4S/c1-17-13(15)9-5-6-10(14(16)18-2)11(8-9)12-4-3-7-19-12/h3-8H,1-2H3. The highest BCUT2D eigenvalue weighted by Gasteiger charge is 2.17. The number of ether oxygens (including phenoxy) is 2. The van der Waals surface area contributed by atoms with Crippen LogP contribution in [0.15, 0.2) is 35.7 Å². The topological polar surface area (TPSA) is 52.6 Å². The second-order valence-corrected chi connectivity index (χ2v) is 4.67. The molecule has 0 bridgehead atoms. The van der Waals surface area contributed by atoms with E-state index in [1.54, 1.807) is 18.2 Å². The van der Waals surface area contributed by atoms with Crippen molar-refractivity contribution in [3.05, 3.63) is 46.8 Å². The molecule has 19 heavy (non-hydrogen) atoms. The Kier molecular flexibility index (Phi) is 3.97. The van der Waals surface area contributed by atoms with E-state index in [0.29, 0.717) is 16.7 Å². The van der Waals surface area contributed by atoms with Crippen molar-refractivity contribution in [2.24, 2.45) is 0 Å². The summed E-state index contributed by atoms with van der Waals surface area (Å²) in [5.41, 5.74) is 1.50. The van der Waals surface area contributed by atoms with E-state index in [1.165, 1.54) is 25.6 Å². The quantitative estimate of drug-likeness (QED) is 0.809. The number of hydrogen-bond acceptors (Lipinski definition) is 5. The maximum absolute atomic E-state index is 11.7. The van der Waals surface area contributed by atoms with Gasteiger partial charge in [-0.2, -0.15) is 0 Å². The predicted octanol–water partition coefficient (Wildman–Crippen LogP) is 2.99. The van der Waals surface area contributed by atoms with Gasteiger partial charge in [0, 0.05) is 10.4 Å². The van der Waals surface area contributed by atoms with Gasteiger partial charge in [-0.25, -0.2) is 9.59 Å². The smallest absolute Gasteiger partial charge is 0.338 e. The molecule has 5 heteroatoms. The van der Waals surface area contributed by atoms with E-state index in [2.05, 4.69) is 4.74 Å². The maximum Gasteiger partial charge on any atom is 0.338 e. The van der Waals surface area contributed by atoms with Gasteiger partial charge in [-0.15, -0.1) is 11.3 Å². The Morgan fingerprint density at radius 3 is 2.37 bits per heavy atom. The van der Waals surface area contributed by atoms with Gasteiger partial charge in [0.05, 0.1) is 25.3 Å². The zero-order chi connectivity index (χ0) is 13.8. The average molecular weight is 276 g/mol. The summed E-state index contributed by atoms with van der Waals surface area (Å²) in [4.78, 5) is 24.2. The van der Waals surface area contributed by atoms with Crippen molar-refractivity contribution in [2.75, 3.05) is 14.2 Å². The molecule has 0 spiro atoms. The van der Waals surface area contributed by atoms with Gasteiger partial charge in [0.15, 0.2) is 0 Å². The van der Waals surface area contributed by atoms with Crippen LogP contribution in [0.5, 0.6) is 0 Å². The Morgan fingerprint density at radius 2 is 1.79 bits per heavy atom. The van der Waals surface area contributed by atoms with E-state index < -0.39 is 11.9 Å². The summed E-state index contributed by atoms with van der Waals surface area (Å²) in [6, 6.07) is 8.53. The molecule has 1 aromatic heterocycles. The molecule has 0 unspecified atom stereocenters. The molecule has 0 radical (unpaired) electrons. The summed E-state index contributed by atoms with van der Waals surface area (Å²) in [7, 11) is 2.65. The van der Waals surface area contributed by atoms with Gasteiger partial charge in [0.1, 0.15) is 0 Å². The minimum absolute atomic E-state index is 0.401. The lowest BCUT2D eigenvalue weighted by molar-refractivity contribution is 0.0587. The number of rotatable bonds is 3. The summed E-state index contributed by atoms with van der Waals surface area (Å²) >= 11 is 1.49. The zero-order valence-electron chi connectivity index (χ0n) is 10.5. The van der Waals surface area contributed by atoms with E-state index in [1.807, 2.05) is 17.5 Å². The molecule has 1 aromatic carbocycles. The van der Waals surface area contributed by atoms with Gasteiger partial charge in [-0.05, 0) is 29.6 Å². The van der Waals surface area contributed by atoms with Gasteiger partial charge < -0.3 is 9.47 Å². The molecule has 4 nitrogen and oxygen atoms in total. The fourth-order valence-corrected chi connectivity index (χ4v) is 2.47. The van der Waals surface area contributed by atoms with Crippen molar-refractivity contribution in [2.45, 2.75) is 0 Å². The Hall–Kier alpha value is -2.14. The first-order valence-electron chi connectivity index (χ1n) is 5.52. The normalized spacial score (nSPS) is 10.0. The third-order valence-corrected chi connectivity index (χ3v) is 3.54. The summed E-state index contributed by atoms with van der Waals surface area (Å²) < 4.78 is 9.43. The van der Waals surface area contributed by atoms with Crippen LogP contribution >= 0.6 is 11.3 Å². The number of thiophene rings is 1. The lowest BCUT2D eigenvalue weighted by Crippen LogP contribution is -2.06. The fraction of sp³-hybridized carbons (Fsp3) is 0.143. The molecule has 98 valence electrons. The molecule has 0 aliphatic rings. The number of esters is 2. The van der Waals surface area contributed by atoms with Crippen molar-refractivity contribution >= 4 is 23.3 Å². The first-order valence-corrected chi connectivity index (χ1v) is 6.40. The van der Waals surface area contributed by atoms with E-state index in [9.17, 15) is 9.59 Å². The summed E-state index contributed by atoms with van der Waals surface area (Å²) in [5, 5.41) is 1.90. The van der Waals surface area contributed by atoms with E-state index >= 15 is 0 Å². The number of hydrogen-bond donors (Lipinski definition) is 0. The average Bonchev–Trinajstić information content (AvgIpc) is 2.99. The second kappa shape index (κ2) is 5.67. The Balaban J connectivity index is 2.57. The van der Waals surface area contributed by atoms with Crippen LogP contribution in [-0.4, -0.2) is 26.2 Å². The van der Waals surface area contributed by atoms with Crippen molar-refractivity contribution in [1.29, 1.82) is 0 Å². The molecule has 0 saturated heterocycles.